The fourth-order valence-electron chi connectivity index (χ4n) is 2.54. The SMILES string of the molecule is NC1CCCN(c2n[nH]c(C3CCCO3)n2)C1. The van der Waals surface area contributed by atoms with Crippen LogP contribution in [0.1, 0.15) is 37.6 Å². The Morgan fingerprint density at radius 3 is 3.06 bits per heavy atom. The first kappa shape index (κ1) is 11.0. The lowest BCUT2D eigenvalue weighted by atomic mass is 10.1. The van der Waals surface area contributed by atoms with Crippen LogP contribution in [0.3, 0.4) is 0 Å². The van der Waals surface area contributed by atoms with Gasteiger partial charge in [0.05, 0.1) is 0 Å². The molecule has 2 unspecified atom stereocenters. The average Bonchev–Trinajstić information content (AvgIpc) is 3.00. The minimum atomic E-state index is 0.106. The molecule has 2 saturated heterocycles. The van der Waals surface area contributed by atoms with Crippen molar-refractivity contribution in [3.05, 3.63) is 5.82 Å². The molecule has 0 bridgehead atoms. The molecule has 3 rings (SSSR count). The number of ether oxygens (including phenoxy) is 1. The van der Waals surface area contributed by atoms with Gasteiger partial charge in [0, 0.05) is 25.7 Å². The Morgan fingerprint density at radius 2 is 2.29 bits per heavy atom. The standard InChI is InChI=1S/C11H19N5O/c12-8-3-1-5-16(7-8)11-13-10(14-15-11)9-4-2-6-17-9/h8-9H,1-7,12H2,(H,13,14,15). The highest BCUT2D eigenvalue weighted by molar-refractivity contribution is 5.30. The molecule has 2 aliphatic rings. The third-order valence-electron chi connectivity index (χ3n) is 3.47. The lowest BCUT2D eigenvalue weighted by Gasteiger charge is -2.29. The Bertz CT molecular complexity index is 374. The van der Waals surface area contributed by atoms with Gasteiger partial charge in [0.2, 0.25) is 5.95 Å². The number of H-pyrrole nitrogens is 1. The third-order valence-corrected chi connectivity index (χ3v) is 3.47. The van der Waals surface area contributed by atoms with Gasteiger partial charge < -0.3 is 15.4 Å². The first-order valence-electron chi connectivity index (χ1n) is 6.37. The highest BCUT2D eigenvalue weighted by atomic mass is 16.5. The Morgan fingerprint density at radius 1 is 1.35 bits per heavy atom. The second-order valence-corrected chi connectivity index (χ2v) is 4.87. The van der Waals surface area contributed by atoms with Crippen molar-refractivity contribution < 1.29 is 4.74 Å². The van der Waals surface area contributed by atoms with E-state index in [2.05, 4.69) is 20.1 Å². The molecular weight excluding hydrogens is 218 g/mol. The molecule has 0 aliphatic carbocycles. The molecule has 0 amide bonds. The Kier molecular flexibility index (Phi) is 2.98. The van der Waals surface area contributed by atoms with Crippen molar-refractivity contribution in [2.75, 3.05) is 24.6 Å². The lowest BCUT2D eigenvalue weighted by Crippen LogP contribution is -2.43. The summed E-state index contributed by atoms with van der Waals surface area (Å²) in [5.41, 5.74) is 5.96. The molecule has 0 saturated carbocycles. The van der Waals surface area contributed by atoms with Crippen LogP contribution in [0.5, 0.6) is 0 Å². The van der Waals surface area contributed by atoms with E-state index in [0.717, 1.165) is 57.2 Å². The number of aromatic nitrogens is 3. The Balaban J connectivity index is 1.70. The van der Waals surface area contributed by atoms with Crippen molar-refractivity contribution in [2.45, 2.75) is 37.8 Å². The van der Waals surface area contributed by atoms with Gasteiger partial charge in [-0.2, -0.15) is 4.98 Å². The summed E-state index contributed by atoms with van der Waals surface area (Å²) < 4.78 is 5.58. The smallest absolute Gasteiger partial charge is 0.244 e. The van der Waals surface area contributed by atoms with E-state index in [9.17, 15) is 0 Å². The van der Waals surface area contributed by atoms with Crippen LogP contribution in [0.2, 0.25) is 0 Å². The van der Waals surface area contributed by atoms with Gasteiger partial charge in [-0.1, -0.05) is 0 Å². The largest absolute Gasteiger partial charge is 0.370 e. The highest BCUT2D eigenvalue weighted by Gasteiger charge is 2.24. The number of piperidine rings is 1. The van der Waals surface area contributed by atoms with Gasteiger partial charge in [-0.3, -0.25) is 5.10 Å². The minimum absolute atomic E-state index is 0.106. The maximum absolute atomic E-state index is 5.96. The molecule has 17 heavy (non-hydrogen) atoms. The summed E-state index contributed by atoms with van der Waals surface area (Å²) in [4.78, 5) is 6.68. The predicted molar refractivity (Wildman–Crippen MR) is 63.7 cm³/mol. The molecule has 0 radical (unpaired) electrons. The number of anilines is 1. The van der Waals surface area contributed by atoms with Crippen molar-refractivity contribution in [1.29, 1.82) is 0 Å². The fourth-order valence-corrected chi connectivity index (χ4v) is 2.54. The number of hydrogen-bond donors (Lipinski definition) is 2. The van der Waals surface area contributed by atoms with E-state index >= 15 is 0 Å². The van der Waals surface area contributed by atoms with Crippen LogP contribution in [0, 0.1) is 0 Å². The second-order valence-electron chi connectivity index (χ2n) is 4.87. The molecule has 3 heterocycles. The summed E-state index contributed by atoms with van der Waals surface area (Å²) in [6, 6.07) is 0.244. The molecule has 0 aromatic carbocycles. The van der Waals surface area contributed by atoms with Gasteiger partial charge in [0.25, 0.3) is 0 Å². The number of hydrogen-bond acceptors (Lipinski definition) is 5. The topological polar surface area (TPSA) is 80.1 Å². The van der Waals surface area contributed by atoms with E-state index in [1.54, 1.807) is 0 Å². The zero-order chi connectivity index (χ0) is 11.7. The third kappa shape index (κ3) is 2.28. The van der Waals surface area contributed by atoms with Gasteiger partial charge in [0.1, 0.15) is 6.10 Å². The van der Waals surface area contributed by atoms with Crippen molar-refractivity contribution in [3.63, 3.8) is 0 Å². The van der Waals surface area contributed by atoms with Crippen LogP contribution >= 0.6 is 0 Å². The van der Waals surface area contributed by atoms with E-state index in [0.29, 0.717) is 0 Å². The van der Waals surface area contributed by atoms with Crippen LogP contribution in [0.15, 0.2) is 0 Å². The van der Waals surface area contributed by atoms with Gasteiger partial charge in [0.15, 0.2) is 5.82 Å². The highest BCUT2D eigenvalue weighted by Crippen LogP contribution is 2.27. The first-order valence-corrected chi connectivity index (χ1v) is 6.37. The molecular formula is C11H19N5O. The molecule has 1 aromatic rings. The van der Waals surface area contributed by atoms with Gasteiger partial charge in [-0.15, -0.1) is 5.10 Å². The van der Waals surface area contributed by atoms with Crippen molar-refractivity contribution in [1.82, 2.24) is 15.2 Å². The van der Waals surface area contributed by atoms with Crippen molar-refractivity contribution in [3.8, 4) is 0 Å². The van der Waals surface area contributed by atoms with E-state index in [1.807, 2.05) is 0 Å². The average molecular weight is 237 g/mol. The number of aromatic amines is 1. The van der Waals surface area contributed by atoms with E-state index < -0.39 is 0 Å². The fraction of sp³-hybridized carbons (Fsp3) is 0.818. The van der Waals surface area contributed by atoms with Gasteiger partial charge in [-0.05, 0) is 25.7 Å². The molecule has 94 valence electrons. The first-order chi connectivity index (χ1) is 8.33. The summed E-state index contributed by atoms with van der Waals surface area (Å²) in [5.74, 6) is 1.63. The number of nitrogens with two attached hydrogens (primary N) is 1. The number of nitrogens with one attached hydrogen (secondary N) is 1. The van der Waals surface area contributed by atoms with Crippen molar-refractivity contribution in [2.24, 2.45) is 5.73 Å². The monoisotopic (exact) mass is 237 g/mol. The summed E-state index contributed by atoms with van der Waals surface area (Å²) in [5, 5.41) is 7.26. The normalized spacial score (nSPS) is 29.8. The zero-order valence-corrected chi connectivity index (χ0v) is 9.93. The second kappa shape index (κ2) is 4.62. The summed E-state index contributed by atoms with van der Waals surface area (Å²) in [7, 11) is 0. The van der Waals surface area contributed by atoms with E-state index in [-0.39, 0.29) is 12.1 Å². The van der Waals surface area contributed by atoms with Gasteiger partial charge in [-0.25, -0.2) is 0 Å². The van der Waals surface area contributed by atoms with Crippen LogP contribution in [0.4, 0.5) is 5.95 Å². The Hall–Kier alpha value is -1.14. The quantitative estimate of drug-likeness (QED) is 0.786. The molecule has 6 heteroatoms. The summed E-state index contributed by atoms with van der Waals surface area (Å²) >= 11 is 0. The maximum Gasteiger partial charge on any atom is 0.244 e. The summed E-state index contributed by atoms with van der Waals surface area (Å²) in [6.07, 6.45) is 4.46. The molecule has 2 aliphatic heterocycles. The maximum atomic E-state index is 5.96. The van der Waals surface area contributed by atoms with Crippen LogP contribution < -0.4 is 10.6 Å². The molecule has 1 aromatic heterocycles. The van der Waals surface area contributed by atoms with E-state index in [4.69, 9.17) is 10.5 Å². The molecule has 2 fully saturated rings. The molecule has 0 spiro atoms. The lowest BCUT2D eigenvalue weighted by molar-refractivity contribution is 0.105. The number of rotatable bonds is 2. The Labute approximate surface area is 101 Å². The predicted octanol–water partition coefficient (Wildman–Crippen LogP) is 0.584. The number of nitrogens with zero attached hydrogens (tertiary/aromatic N) is 3. The summed E-state index contributed by atoms with van der Waals surface area (Å²) in [6.45, 7) is 2.68. The van der Waals surface area contributed by atoms with Crippen LogP contribution in [0.25, 0.3) is 0 Å². The van der Waals surface area contributed by atoms with Crippen molar-refractivity contribution >= 4 is 5.95 Å². The molecule has 2 atom stereocenters. The van der Waals surface area contributed by atoms with Crippen LogP contribution in [-0.4, -0.2) is 40.9 Å². The molecule has 3 N–H and O–H groups in total. The zero-order valence-electron chi connectivity index (χ0n) is 9.93. The van der Waals surface area contributed by atoms with E-state index in [1.165, 1.54) is 0 Å². The molecule has 6 nitrogen and oxygen atoms in total. The van der Waals surface area contributed by atoms with Gasteiger partial charge >= 0.3 is 0 Å². The minimum Gasteiger partial charge on any atom is -0.370 e. The van der Waals surface area contributed by atoms with Crippen LogP contribution in [-0.2, 0) is 4.74 Å².